The summed E-state index contributed by atoms with van der Waals surface area (Å²) in [5.74, 6) is 0.508. The van der Waals surface area contributed by atoms with Crippen LogP contribution in [0.3, 0.4) is 0 Å². The molecule has 0 aromatic carbocycles. The summed E-state index contributed by atoms with van der Waals surface area (Å²) in [6.07, 6.45) is 8.37. The number of aliphatic hydroxyl groups excluding tert-OH is 2. The van der Waals surface area contributed by atoms with Crippen molar-refractivity contribution < 1.29 is 20.2 Å². The Morgan fingerprint density at radius 1 is 1.00 bits per heavy atom. The van der Waals surface area contributed by atoms with Gasteiger partial charge in [-0.25, -0.2) is 10.7 Å². The van der Waals surface area contributed by atoms with Crippen LogP contribution in [0.1, 0.15) is 51.4 Å². The van der Waals surface area contributed by atoms with Gasteiger partial charge in [0.15, 0.2) is 0 Å². The van der Waals surface area contributed by atoms with Crippen LogP contribution >= 0.6 is 0 Å². The van der Waals surface area contributed by atoms with Gasteiger partial charge in [0.1, 0.15) is 6.54 Å². The van der Waals surface area contributed by atoms with E-state index in [1.54, 1.807) is 0 Å². The monoisotopic (exact) mass is 345 g/mol. The summed E-state index contributed by atoms with van der Waals surface area (Å²) in [5, 5.41) is 18.7. The van der Waals surface area contributed by atoms with E-state index in [-0.39, 0.29) is 6.61 Å². The predicted octanol–water partition coefficient (Wildman–Crippen LogP) is -3.10. The Bertz CT molecular complexity index is 326. The molecule has 0 saturated heterocycles. The Morgan fingerprint density at radius 2 is 1.58 bits per heavy atom. The number of rotatable bonds is 16. The zero-order valence-corrected chi connectivity index (χ0v) is 15.2. The van der Waals surface area contributed by atoms with E-state index in [9.17, 15) is 5.11 Å². The van der Waals surface area contributed by atoms with Crippen LogP contribution in [0.25, 0.3) is 0 Å². The summed E-state index contributed by atoms with van der Waals surface area (Å²) in [6.45, 7) is 7.41. The topological polar surface area (TPSA) is 124 Å². The molecule has 8 N–H and O–H groups in total. The number of hydrogen-bond donors (Lipinski definition) is 6. The highest BCUT2D eigenvalue weighted by Crippen LogP contribution is 2.06. The smallest absolute Gasteiger partial charge is 0.394 e. The van der Waals surface area contributed by atoms with Gasteiger partial charge in [-0.15, -0.1) is 0 Å². The maximum Gasteiger partial charge on any atom is 0.513 e. The number of nitrogens with one attached hydrogen (secondary N) is 2. The number of nitrogens with two attached hydrogens (primary N) is 2. The van der Waals surface area contributed by atoms with Crippen LogP contribution in [0.15, 0.2) is 0 Å². The largest absolute Gasteiger partial charge is 0.513 e. The van der Waals surface area contributed by atoms with Gasteiger partial charge in [-0.1, -0.05) is 19.3 Å². The summed E-state index contributed by atoms with van der Waals surface area (Å²) < 4.78 is 0. The molecule has 0 aliphatic carbocycles. The quantitative estimate of drug-likeness (QED) is 0.100. The molecule has 0 radical (unpaired) electrons. The van der Waals surface area contributed by atoms with E-state index in [1.165, 1.54) is 12.8 Å². The van der Waals surface area contributed by atoms with Gasteiger partial charge in [0.25, 0.3) is 0 Å². The van der Waals surface area contributed by atoms with Gasteiger partial charge >= 0.3 is 5.96 Å². The van der Waals surface area contributed by atoms with Crippen LogP contribution in [0.4, 0.5) is 0 Å². The van der Waals surface area contributed by atoms with Crippen molar-refractivity contribution in [2.24, 2.45) is 11.5 Å². The number of nitrogens with zero attached hydrogens (tertiary/aromatic N) is 1. The molecule has 7 nitrogen and oxygen atoms in total. The van der Waals surface area contributed by atoms with Gasteiger partial charge in [0.05, 0.1) is 19.4 Å². The number of aliphatic hydroxyl groups is 2. The van der Waals surface area contributed by atoms with E-state index in [0.717, 1.165) is 64.7 Å². The molecule has 1 atom stereocenters. The molecule has 0 spiro atoms. The van der Waals surface area contributed by atoms with Gasteiger partial charge in [-0.2, -0.15) is 4.99 Å². The minimum atomic E-state index is -0.646. The first-order valence-corrected chi connectivity index (χ1v) is 9.24. The van der Waals surface area contributed by atoms with Crippen molar-refractivity contribution in [3.8, 4) is 0 Å². The predicted molar refractivity (Wildman–Crippen MR) is 98.6 cm³/mol. The van der Waals surface area contributed by atoms with Crippen molar-refractivity contribution in [2.45, 2.75) is 57.5 Å². The van der Waals surface area contributed by atoms with E-state index in [0.29, 0.717) is 12.5 Å². The average molecular weight is 346 g/mol. The van der Waals surface area contributed by atoms with Crippen LogP contribution in [0, 0.1) is 0 Å². The van der Waals surface area contributed by atoms with Gasteiger partial charge in [0.2, 0.25) is 0 Å². The second-order valence-corrected chi connectivity index (χ2v) is 6.27. The maximum atomic E-state index is 9.68. The highest BCUT2D eigenvalue weighted by atomic mass is 16.3. The molecule has 0 saturated carbocycles. The van der Waals surface area contributed by atoms with Crippen molar-refractivity contribution in [1.29, 1.82) is 0 Å². The lowest BCUT2D eigenvalue weighted by Crippen LogP contribution is -2.94. The summed E-state index contributed by atoms with van der Waals surface area (Å²) in [4.78, 5) is 7.93. The molecule has 0 amide bonds. The molecule has 0 fully saturated rings. The Labute approximate surface area is 146 Å². The first-order chi connectivity index (χ1) is 11.6. The summed E-state index contributed by atoms with van der Waals surface area (Å²) in [7, 11) is 0. The molecule has 7 heteroatoms. The van der Waals surface area contributed by atoms with Gasteiger partial charge in [0, 0.05) is 6.54 Å². The molecule has 0 heterocycles. The van der Waals surface area contributed by atoms with E-state index in [1.807, 2.05) is 0 Å². The highest BCUT2D eigenvalue weighted by molar-refractivity contribution is 5.61. The van der Waals surface area contributed by atoms with Crippen molar-refractivity contribution in [2.75, 3.05) is 39.3 Å². The normalized spacial score (nSPS) is 13.4. The Hall–Kier alpha value is -1.02. The minimum absolute atomic E-state index is 0.173. The lowest BCUT2D eigenvalue weighted by atomic mass is 10.1. The van der Waals surface area contributed by atoms with Crippen molar-refractivity contribution in [3.63, 3.8) is 0 Å². The van der Waals surface area contributed by atoms with Crippen LogP contribution in [-0.2, 0) is 0 Å². The molecule has 24 heavy (non-hydrogen) atoms. The van der Waals surface area contributed by atoms with Crippen molar-refractivity contribution >= 4 is 12.7 Å². The van der Waals surface area contributed by atoms with Gasteiger partial charge < -0.3 is 20.8 Å². The average Bonchev–Trinajstić information content (AvgIpc) is 2.59. The Balaban J connectivity index is 3.84. The maximum absolute atomic E-state index is 9.68. The molecule has 0 bridgehead atoms. The van der Waals surface area contributed by atoms with Gasteiger partial charge in [-0.05, 0) is 51.7 Å². The third kappa shape index (κ3) is 14.6. The van der Waals surface area contributed by atoms with Crippen molar-refractivity contribution in [3.05, 3.63) is 0 Å². The van der Waals surface area contributed by atoms with Crippen LogP contribution in [-0.4, -0.2) is 73.2 Å². The second kappa shape index (κ2) is 16.8. The molecule has 0 rings (SSSR count). The standard InChI is InChI=1S/C17H37N5O2/c1-20-17(19)21-11-7-3-5-9-13-22(14-16(24)15-23)12-8-4-2-6-10-18/h16,23-24H,1-15,18H2,(H2,19,21)/p+2. The third-order valence-electron chi connectivity index (χ3n) is 4.02. The molecule has 0 aromatic rings. The van der Waals surface area contributed by atoms with Crippen LogP contribution in [0.2, 0.25) is 0 Å². The van der Waals surface area contributed by atoms with E-state index < -0.39 is 6.10 Å². The Kier molecular flexibility index (Phi) is 16.1. The molecule has 0 aromatic heterocycles. The fourth-order valence-electron chi connectivity index (χ4n) is 2.58. The van der Waals surface area contributed by atoms with Crippen molar-refractivity contribution in [1.82, 2.24) is 4.90 Å². The third-order valence-corrected chi connectivity index (χ3v) is 4.02. The second-order valence-electron chi connectivity index (χ2n) is 6.27. The first-order valence-electron chi connectivity index (χ1n) is 9.24. The van der Waals surface area contributed by atoms with Gasteiger partial charge in [-0.3, -0.25) is 0 Å². The summed E-state index contributed by atoms with van der Waals surface area (Å²) in [5.41, 5.74) is 11.1. The zero-order chi connectivity index (χ0) is 18.0. The zero-order valence-electron chi connectivity index (χ0n) is 15.2. The lowest BCUT2D eigenvalue weighted by molar-refractivity contribution is -0.520. The Morgan fingerprint density at radius 3 is 2.12 bits per heavy atom. The van der Waals surface area contributed by atoms with Crippen LogP contribution < -0.4 is 21.5 Å². The van der Waals surface area contributed by atoms with Crippen LogP contribution in [0.5, 0.6) is 0 Å². The van der Waals surface area contributed by atoms with E-state index in [4.69, 9.17) is 16.6 Å². The molecule has 0 aliphatic heterocycles. The minimum Gasteiger partial charge on any atom is -0.394 e. The molecule has 1 unspecified atom stereocenters. The summed E-state index contributed by atoms with van der Waals surface area (Å²) >= 11 is 0. The number of hydrogen-bond acceptors (Lipinski definition) is 4. The van der Waals surface area contributed by atoms with E-state index in [2.05, 4.69) is 21.6 Å². The fraction of sp³-hybridized carbons (Fsp3) is 0.882. The SMILES string of the molecule is C=[NH+]C(N)=[NH+]CCCCCCN(CCCCCCN)CC(O)CO. The fourth-order valence-corrected chi connectivity index (χ4v) is 2.58. The first kappa shape index (κ1) is 23.0. The molecule has 142 valence electrons. The molecular formula is C17H39N5O2+2. The van der Waals surface area contributed by atoms with E-state index >= 15 is 0 Å². The molecule has 0 aliphatic rings. The number of guanidine groups is 1. The number of unbranched alkanes of at least 4 members (excludes halogenated alkanes) is 6. The molecular weight excluding hydrogens is 306 g/mol. The summed E-state index contributed by atoms with van der Waals surface area (Å²) in [6, 6.07) is 0. The lowest BCUT2D eigenvalue weighted by Gasteiger charge is -2.24. The highest BCUT2D eigenvalue weighted by Gasteiger charge is 2.10.